The molecule has 0 aliphatic carbocycles. The molecular formula is C54H33NO2S. The Morgan fingerprint density at radius 3 is 1.60 bits per heavy atom. The number of thiophene rings is 1. The molecule has 0 aliphatic rings. The van der Waals surface area contributed by atoms with Gasteiger partial charge in [-0.05, 0) is 82.9 Å². The van der Waals surface area contributed by atoms with E-state index in [0.717, 1.165) is 94.3 Å². The van der Waals surface area contributed by atoms with Gasteiger partial charge in [0.25, 0.3) is 0 Å². The Labute approximate surface area is 338 Å². The lowest BCUT2D eigenvalue weighted by Crippen LogP contribution is -2.10. The van der Waals surface area contributed by atoms with Crippen LogP contribution < -0.4 is 4.90 Å². The number of hydrogen-bond acceptors (Lipinski definition) is 4. The van der Waals surface area contributed by atoms with Crippen LogP contribution in [0.15, 0.2) is 209 Å². The zero-order valence-corrected chi connectivity index (χ0v) is 32.0. The molecule has 12 aromatic rings. The highest BCUT2D eigenvalue weighted by Crippen LogP contribution is 2.48. The lowest BCUT2D eigenvalue weighted by atomic mass is 9.95. The zero-order chi connectivity index (χ0) is 38.2. The Kier molecular flexibility index (Phi) is 7.40. The van der Waals surface area contributed by atoms with Crippen molar-refractivity contribution in [1.29, 1.82) is 0 Å². The first-order valence-electron chi connectivity index (χ1n) is 19.6. The molecule has 3 nitrogen and oxygen atoms in total. The van der Waals surface area contributed by atoms with Crippen LogP contribution in [0.5, 0.6) is 0 Å². The van der Waals surface area contributed by atoms with Crippen molar-refractivity contribution in [2.24, 2.45) is 0 Å². The van der Waals surface area contributed by atoms with Crippen LogP contribution in [0.3, 0.4) is 0 Å². The van der Waals surface area contributed by atoms with Gasteiger partial charge in [0.2, 0.25) is 0 Å². The first-order chi connectivity index (χ1) is 28.7. The van der Waals surface area contributed by atoms with Crippen LogP contribution in [-0.2, 0) is 0 Å². The summed E-state index contributed by atoms with van der Waals surface area (Å²) in [5, 5.41) is 6.98. The second-order valence-electron chi connectivity index (χ2n) is 14.8. The maximum atomic E-state index is 6.63. The number of nitrogens with zero attached hydrogens (tertiary/aromatic N) is 1. The third kappa shape index (κ3) is 5.19. The minimum Gasteiger partial charge on any atom is -0.455 e. The molecule has 0 aliphatic heterocycles. The van der Waals surface area contributed by atoms with Gasteiger partial charge in [0, 0.05) is 64.2 Å². The average molecular weight is 760 g/mol. The topological polar surface area (TPSA) is 29.5 Å². The van der Waals surface area contributed by atoms with Gasteiger partial charge < -0.3 is 13.7 Å². The molecule has 0 N–H and O–H groups in total. The smallest absolute Gasteiger partial charge is 0.143 e. The van der Waals surface area contributed by atoms with Gasteiger partial charge in [-0.3, -0.25) is 0 Å². The van der Waals surface area contributed by atoms with Gasteiger partial charge in [0.15, 0.2) is 0 Å². The van der Waals surface area contributed by atoms with E-state index in [0.29, 0.717) is 0 Å². The van der Waals surface area contributed by atoms with Crippen LogP contribution in [-0.4, -0.2) is 0 Å². The Morgan fingerprint density at radius 2 is 0.897 bits per heavy atom. The second-order valence-corrected chi connectivity index (χ2v) is 15.9. The third-order valence-electron chi connectivity index (χ3n) is 11.5. The molecule has 0 amide bonds. The van der Waals surface area contributed by atoms with Crippen LogP contribution in [0.2, 0.25) is 0 Å². The molecule has 0 spiro atoms. The van der Waals surface area contributed by atoms with Crippen molar-refractivity contribution in [2.45, 2.75) is 0 Å². The van der Waals surface area contributed by atoms with E-state index in [1.165, 1.54) is 20.2 Å². The Hall–Kier alpha value is -7.40. The summed E-state index contributed by atoms with van der Waals surface area (Å²) in [7, 11) is 0. The van der Waals surface area contributed by atoms with E-state index in [9.17, 15) is 0 Å². The molecular weight excluding hydrogens is 727 g/mol. The predicted octanol–water partition coefficient (Wildman–Crippen LogP) is 16.3. The summed E-state index contributed by atoms with van der Waals surface area (Å²) in [6, 6.07) is 71.5. The van der Waals surface area contributed by atoms with Crippen LogP contribution in [0.4, 0.5) is 17.1 Å². The normalized spacial score (nSPS) is 11.8. The van der Waals surface area contributed by atoms with Crippen LogP contribution in [0, 0.1) is 0 Å². The number of furan rings is 2. The fourth-order valence-corrected chi connectivity index (χ4v) is 9.93. The Morgan fingerprint density at radius 1 is 0.345 bits per heavy atom. The number of hydrogen-bond donors (Lipinski definition) is 0. The monoisotopic (exact) mass is 759 g/mol. The SMILES string of the molecule is c1ccc(-c2cc(-c3cccc4c3oc3ccccc34)cc(N(c3ccc(-c4cccc5c4oc4ccccc45)cc3)c3cccc4sc5ccccc5c34)c2)cc1. The molecule has 58 heavy (non-hydrogen) atoms. The van der Waals surface area contributed by atoms with Crippen molar-refractivity contribution in [2.75, 3.05) is 4.90 Å². The highest BCUT2D eigenvalue weighted by atomic mass is 32.1. The minimum atomic E-state index is 0.889. The molecule has 3 heterocycles. The van der Waals surface area contributed by atoms with E-state index >= 15 is 0 Å². The summed E-state index contributed by atoms with van der Waals surface area (Å²) < 4.78 is 15.6. The second kappa shape index (κ2) is 13.1. The van der Waals surface area contributed by atoms with Crippen molar-refractivity contribution >= 4 is 92.4 Å². The zero-order valence-electron chi connectivity index (χ0n) is 31.2. The Balaban J connectivity index is 1.10. The summed E-state index contributed by atoms with van der Waals surface area (Å²) in [6.07, 6.45) is 0. The summed E-state index contributed by atoms with van der Waals surface area (Å²) in [4.78, 5) is 2.43. The number of para-hydroxylation sites is 4. The molecule has 4 heteroatoms. The predicted molar refractivity (Wildman–Crippen MR) is 245 cm³/mol. The van der Waals surface area contributed by atoms with Gasteiger partial charge >= 0.3 is 0 Å². The van der Waals surface area contributed by atoms with Gasteiger partial charge in [-0.15, -0.1) is 11.3 Å². The van der Waals surface area contributed by atoms with Gasteiger partial charge in [0.05, 0.1) is 5.69 Å². The van der Waals surface area contributed by atoms with Crippen molar-refractivity contribution in [1.82, 2.24) is 0 Å². The van der Waals surface area contributed by atoms with Crippen molar-refractivity contribution in [3.05, 3.63) is 200 Å². The fraction of sp³-hybridized carbons (Fsp3) is 0. The van der Waals surface area contributed by atoms with E-state index in [1.807, 2.05) is 29.5 Å². The molecule has 0 atom stereocenters. The fourth-order valence-electron chi connectivity index (χ4n) is 8.80. The Bertz CT molecular complexity index is 3520. The maximum absolute atomic E-state index is 6.63. The van der Waals surface area contributed by atoms with Crippen LogP contribution in [0.1, 0.15) is 0 Å². The molecule has 0 saturated carbocycles. The summed E-state index contributed by atoms with van der Waals surface area (Å²) >= 11 is 1.84. The number of rotatable bonds is 6. The molecule has 0 saturated heterocycles. The molecule has 9 aromatic carbocycles. The minimum absolute atomic E-state index is 0.889. The van der Waals surface area contributed by atoms with Gasteiger partial charge in [0.1, 0.15) is 22.3 Å². The van der Waals surface area contributed by atoms with Crippen LogP contribution in [0.25, 0.3) is 97.4 Å². The van der Waals surface area contributed by atoms with Crippen molar-refractivity contribution in [3.63, 3.8) is 0 Å². The lowest BCUT2D eigenvalue weighted by Gasteiger charge is -2.28. The molecule has 0 radical (unpaired) electrons. The third-order valence-corrected chi connectivity index (χ3v) is 12.6. The van der Waals surface area contributed by atoms with Crippen molar-refractivity contribution in [3.8, 4) is 33.4 Å². The first-order valence-corrected chi connectivity index (χ1v) is 20.4. The van der Waals surface area contributed by atoms with E-state index in [1.54, 1.807) is 0 Å². The number of fused-ring (bicyclic) bond motifs is 9. The average Bonchev–Trinajstić information content (AvgIpc) is 3.99. The summed E-state index contributed by atoms with van der Waals surface area (Å²) in [6.45, 7) is 0. The molecule has 272 valence electrons. The molecule has 12 rings (SSSR count). The van der Waals surface area contributed by atoms with Crippen molar-refractivity contribution < 1.29 is 8.83 Å². The molecule has 0 bridgehead atoms. The molecule has 0 unspecified atom stereocenters. The van der Waals surface area contributed by atoms with Crippen LogP contribution >= 0.6 is 11.3 Å². The quantitative estimate of drug-likeness (QED) is 0.169. The van der Waals surface area contributed by atoms with Gasteiger partial charge in [-0.1, -0.05) is 140 Å². The first kappa shape index (κ1) is 32.8. The maximum Gasteiger partial charge on any atom is 0.143 e. The summed E-state index contributed by atoms with van der Waals surface area (Å²) in [5.74, 6) is 0. The molecule has 0 fully saturated rings. The molecule has 3 aromatic heterocycles. The largest absolute Gasteiger partial charge is 0.455 e. The lowest BCUT2D eigenvalue weighted by molar-refractivity contribution is 0.669. The van der Waals surface area contributed by atoms with E-state index in [2.05, 4.69) is 187 Å². The number of anilines is 3. The highest BCUT2D eigenvalue weighted by Gasteiger charge is 2.22. The highest BCUT2D eigenvalue weighted by molar-refractivity contribution is 7.26. The van der Waals surface area contributed by atoms with E-state index in [4.69, 9.17) is 8.83 Å². The van der Waals surface area contributed by atoms with Gasteiger partial charge in [-0.2, -0.15) is 0 Å². The standard InChI is InChI=1S/C54H33NO2S/c1-2-13-34(14-3-1)36-31-37(41-19-11-21-45-43-16-5-8-24-49(43)57-54(41)45)33-39(32-36)55(47-22-12-26-51-52(47)46-17-6-9-25-50(46)58-51)38-29-27-35(28-30-38)40-18-10-20-44-42-15-4-7-23-48(42)56-53(40)44/h1-33H. The van der Waals surface area contributed by atoms with Gasteiger partial charge in [-0.25, -0.2) is 0 Å². The van der Waals surface area contributed by atoms with E-state index in [-0.39, 0.29) is 0 Å². The summed E-state index contributed by atoms with van der Waals surface area (Å²) in [5.41, 5.74) is 13.4. The number of benzene rings is 9. The van der Waals surface area contributed by atoms with E-state index < -0.39 is 0 Å².